The van der Waals surface area contributed by atoms with Crippen LogP contribution in [0.5, 0.6) is 11.5 Å². The van der Waals surface area contributed by atoms with Crippen molar-refractivity contribution in [3.8, 4) is 11.5 Å². The fourth-order valence-electron chi connectivity index (χ4n) is 2.15. The van der Waals surface area contributed by atoms with Gasteiger partial charge in [-0.25, -0.2) is 0 Å². The highest BCUT2D eigenvalue weighted by atomic mass is 32.1. The highest BCUT2D eigenvalue weighted by Crippen LogP contribution is 2.25. The molecule has 3 aromatic rings. The molecule has 0 atom stereocenters. The van der Waals surface area contributed by atoms with Gasteiger partial charge in [-0.3, -0.25) is 9.97 Å². The number of pyridine rings is 2. The van der Waals surface area contributed by atoms with Gasteiger partial charge in [-0.15, -0.1) is 12.6 Å². The largest absolute Gasteiger partial charge is 0.456 e. The summed E-state index contributed by atoms with van der Waals surface area (Å²) in [6.45, 7) is 1.46. The van der Waals surface area contributed by atoms with Crippen molar-refractivity contribution in [1.82, 2.24) is 15.3 Å². The van der Waals surface area contributed by atoms with Gasteiger partial charge in [-0.05, 0) is 47.5 Å². The minimum absolute atomic E-state index is 0.706. The molecule has 0 saturated heterocycles. The molecule has 0 aliphatic carbocycles. The minimum atomic E-state index is 0.706. The Kier molecular flexibility index (Phi) is 5.24. The Morgan fingerprint density at radius 1 is 0.913 bits per heavy atom. The molecule has 0 amide bonds. The molecule has 4 nitrogen and oxygen atoms in total. The van der Waals surface area contributed by atoms with E-state index in [1.807, 2.05) is 48.7 Å². The summed E-state index contributed by atoms with van der Waals surface area (Å²) in [4.78, 5) is 9.09. The number of hydrogen-bond acceptors (Lipinski definition) is 5. The third kappa shape index (κ3) is 4.55. The molecule has 1 N–H and O–H groups in total. The van der Waals surface area contributed by atoms with Crippen LogP contribution in [0.3, 0.4) is 0 Å². The molecule has 0 spiro atoms. The van der Waals surface area contributed by atoms with Gasteiger partial charge >= 0.3 is 0 Å². The Morgan fingerprint density at radius 2 is 1.74 bits per heavy atom. The fraction of sp³-hybridized carbons (Fsp3) is 0.111. The molecule has 2 heterocycles. The smallest absolute Gasteiger partial charge is 0.145 e. The summed E-state index contributed by atoms with van der Waals surface area (Å²) in [7, 11) is 0. The van der Waals surface area contributed by atoms with E-state index in [4.69, 9.17) is 4.74 Å². The average molecular weight is 323 g/mol. The third-order valence-electron chi connectivity index (χ3n) is 3.29. The van der Waals surface area contributed by atoms with E-state index < -0.39 is 0 Å². The predicted octanol–water partition coefficient (Wildman–Crippen LogP) is 3.85. The molecule has 1 aromatic carbocycles. The second-order valence-electron chi connectivity index (χ2n) is 5.05. The number of thiol groups is 1. The first-order chi connectivity index (χ1) is 11.3. The van der Waals surface area contributed by atoms with E-state index in [2.05, 4.69) is 27.9 Å². The SMILES string of the molecule is Sc1ccc(Oc2cccnc2)cc1CNCc1cccnc1. The molecular formula is C18H17N3OS. The molecule has 3 rings (SSSR count). The van der Waals surface area contributed by atoms with Gasteiger partial charge < -0.3 is 10.1 Å². The molecule has 0 aliphatic heterocycles. The van der Waals surface area contributed by atoms with Crippen LogP contribution < -0.4 is 10.1 Å². The van der Waals surface area contributed by atoms with Crippen molar-refractivity contribution >= 4 is 12.6 Å². The number of aromatic nitrogens is 2. The van der Waals surface area contributed by atoms with Gasteiger partial charge in [0, 0.05) is 36.6 Å². The molecule has 0 bridgehead atoms. The zero-order valence-electron chi connectivity index (χ0n) is 12.5. The van der Waals surface area contributed by atoms with E-state index in [-0.39, 0.29) is 0 Å². The summed E-state index contributed by atoms with van der Waals surface area (Å²) in [6.07, 6.45) is 7.04. The van der Waals surface area contributed by atoms with Crippen molar-refractivity contribution in [1.29, 1.82) is 0 Å². The third-order valence-corrected chi connectivity index (χ3v) is 3.72. The molecule has 0 radical (unpaired) electrons. The standard InChI is InChI=1S/C18H17N3OS/c23-18-6-5-16(22-17-4-2-8-20-13-17)9-15(18)12-21-11-14-3-1-7-19-10-14/h1-10,13,21,23H,11-12H2. The minimum Gasteiger partial charge on any atom is -0.456 e. The number of nitrogens with zero attached hydrogens (tertiary/aromatic N) is 2. The maximum absolute atomic E-state index is 5.80. The van der Waals surface area contributed by atoms with Crippen LogP contribution in [0.4, 0.5) is 0 Å². The van der Waals surface area contributed by atoms with Gasteiger partial charge in [-0.1, -0.05) is 6.07 Å². The molecule has 23 heavy (non-hydrogen) atoms. The second-order valence-corrected chi connectivity index (χ2v) is 5.53. The topological polar surface area (TPSA) is 47.0 Å². The van der Waals surface area contributed by atoms with Gasteiger partial charge in [0.05, 0.1) is 6.20 Å². The van der Waals surface area contributed by atoms with Crippen molar-refractivity contribution in [2.75, 3.05) is 0 Å². The lowest BCUT2D eigenvalue weighted by Gasteiger charge is -2.11. The summed E-state index contributed by atoms with van der Waals surface area (Å²) in [5.74, 6) is 1.49. The molecule has 0 fully saturated rings. The van der Waals surface area contributed by atoms with Crippen molar-refractivity contribution in [3.05, 3.63) is 78.4 Å². The lowest BCUT2D eigenvalue weighted by atomic mass is 10.2. The molecule has 0 saturated carbocycles. The summed E-state index contributed by atoms with van der Waals surface area (Å²) < 4.78 is 5.80. The predicted molar refractivity (Wildman–Crippen MR) is 92.8 cm³/mol. The Hall–Kier alpha value is -2.37. The Morgan fingerprint density at radius 3 is 2.48 bits per heavy atom. The van der Waals surface area contributed by atoms with Crippen LogP contribution in [0.25, 0.3) is 0 Å². The molecule has 0 unspecified atom stereocenters. The average Bonchev–Trinajstić information content (AvgIpc) is 2.59. The Bertz CT molecular complexity index is 751. The quantitative estimate of drug-likeness (QED) is 0.677. The van der Waals surface area contributed by atoms with Crippen LogP contribution in [0.2, 0.25) is 0 Å². The normalized spacial score (nSPS) is 10.5. The number of benzene rings is 1. The molecule has 0 aliphatic rings. The lowest BCUT2D eigenvalue weighted by Crippen LogP contribution is -2.13. The van der Waals surface area contributed by atoms with Crippen molar-refractivity contribution in [3.63, 3.8) is 0 Å². The zero-order valence-corrected chi connectivity index (χ0v) is 13.4. The number of hydrogen-bond donors (Lipinski definition) is 2. The van der Waals surface area contributed by atoms with Crippen LogP contribution in [-0.2, 0) is 13.1 Å². The van der Waals surface area contributed by atoms with E-state index >= 15 is 0 Å². The van der Waals surface area contributed by atoms with E-state index in [9.17, 15) is 0 Å². The fourth-order valence-corrected chi connectivity index (χ4v) is 2.37. The first kappa shape index (κ1) is 15.5. The van der Waals surface area contributed by atoms with Gasteiger partial charge in [-0.2, -0.15) is 0 Å². The van der Waals surface area contributed by atoms with Crippen molar-refractivity contribution in [2.24, 2.45) is 0 Å². The summed E-state index contributed by atoms with van der Waals surface area (Å²) in [5, 5.41) is 3.39. The second kappa shape index (κ2) is 7.76. The van der Waals surface area contributed by atoms with Crippen LogP contribution in [0.1, 0.15) is 11.1 Å². The maximum Gasteiger partial charge on any atom is 0.145 e. The van der Waals surface area contributed by atoms with Crippen molar-refractivity contribution < 1.29 is 4.74 Å². The van der Waals surface area contributed by atoms with Crippen molar-refractivity contribution in [2.45, 2.75) is 18.0 Å². The monoisotopic (exact) mass is 323 g/mol. The lowest BCUT2D eigenvalue weighted by molar-refractivity contribution is 0.478. The number of ether oxygens (including phenoxy) is 1. The summed E-state index contributed by atoms with van der Waals surface area (Å²) in [6, 6.07) is 13.5. The number of nitrogens with one attached hydrogen (secondary N) is 1. The molecule has 2 aromatic heterocycles. The van der Waals surface area contributed by atoms with E-state index in [0.717, 1.165) is 28.3 Å². The van der Waals surface area contributed by atoms with E-state index in [0.29, 0.717) is 12.3 Å². The molecule has 5 heteroatoms. The highest BCUT2D eigenvalue weighted by molar-refractivity contribution is 7.80. The van der Waals surface area contributed by atoms with Crippen LogP contribution in [-0.4, -0.2) is 9.97 Å². The first-order valence-corrected chi connectivity index (χ1v) is 7.75. The molecule has 116 valence electrons. The van der Waals surface area contributed by atoms with Gasteiger partial charge in [0.15, 0.2) is 0 Å². The van der Waals surface area contributed by atoms with Gasteiger partial charge in [0.1, 0.15) is 11.5 Å². The van der Waals surface area contributed by atoms with Gasteiger partial charge in [0.2, 0.25) is 0 Å². The maximum atomic E-state index is 5.80. The highest BCUT2D eigenvalue weighted by Gasteiger charge is 2.04. The Labute approximate surface area is 141 Å². The first-order valence-electron chi connectivity index (χ1n) is 7.30. The van der Waals surface area contributed by atoms with Crippen LogP contribution in [0.15, 0.2) is 72.1 Å². The number of rotatable bonds is 6. The Balaban J connectivity index is 1.63. The van der Waals surface area contributed by atoms with Gasteiger partial charge in [0.25, 0.3) is 0 Å². The van der Waals surface area contributed by atoms with E-state index in [1.165, 1.54) is 0 Å². The summed E-state index contributed by atoms with van der Waals surface area (Å²) >= 11 is 4.51. The van der Waals surface area contributed by atoms with Crippen LogP contribution >= 0.6 is 12.6 Å². The van der Waals surface area contributed by atoms with Crippen LogP contribution in [0, 0.1) is 0 Å². The summed E-state index contributed by atoms with van der Waals surface area (Å²) in [5.41, 5.74) is 2.23. The van der Waals surface area contributed by atoms with E-state index in [1.54, 1.807) is 18.6 Å². The zero-order chi connectivity index (χ0) is 15.9. The molecular weight excluding hydrogens is 306 g/mol.